The summed E-state index contributed by atoms with van der Waals surface area (Å²) in [5.41, 5.74) is 4.36. The molecule has 0 bridgehead atoms. The number of furan rings is 1. The predicted molar refractivity (Wildman–Crippen MR) is 81.9 cm³/mol. The number of rotatable bonds is 3. The third kappa shape index (κ3) is 2.64. The molecule has 0 spiro atoms. The van der Waals surface area contributed by atoms with E-state index < -0.39 is 0 Å². The zero-order valence-electron chi connectivity index (χ0n) is 11.3. The highest BCUT2D eigenvalue weighted by Crippen LogP contribution is 2.34. The molecule has 1 aliphatic rings. The minimum atomic E-state index is 0.167. The Labute approximate surface area is 123 Å². The molecule has 1 aromatic carbocycles. The molecule has 1 unspecified atom stereocenters. The van der Waals surface area contributed by atoms with E-state index in [4.69, 9.17) is 4.42 Å². The number of hydrogen-bond donors (Lipinski definition) is 0. The topological polar surface area (TPSA) is 13.1 Å². The molecule has 0 saturated carbocycles. The van der Waals surface area contributed by atoms with Crippen LogP contribution in [0.25, 0.3) is 0 Å². The van der Waals surface area contributed by atoms with E-state index in [0.717, 1.165) is 17.9 Å². The van der Waals surface area contributed by atoms with E-state index >= 15 is 0 Å². The lowest BCUT2D eigenvalue weighted by atomic mass is 9.90. The first-order chi connectivity index (χ1) is 9.28. The average Bonchev–Trinajstić information content (AvgIpc) is 2.95. The third-order valence-corrected chi connectivity index (χ3v) is 4.93. The zero-order chi connectivity index (χ0) is 13.2. The van der Waals surface area contributed by atoms with Gasteiger partial charge in [-0.25, -0.2) is 0 Å². The molecule has 3 rings (SSSR count). The molecule has 0 saturated heterocycles. The SMILES string of the molecule is CCc1ccc(C(Br)c2ccc3c(c2)CCCC3)o1. The second-order valence-corrected chi connectivity index (χ2v) is 6.17. The maximum absolute atomic E-state index is 5.85. The van der Waals surface area contributed by atoms with Crippen molar-refractivity contribution >= 4 is 15.9 Å². The molecule has 100 valence electrons. The van der Waals surface area contributed by atoms with Gasteiger partial charge in [-0.1, -0.05) is 41.1 Å². The van der Waals surface area contributed by atoms with Crippen molar-refractivity contribution in [1.29, 1.82) is 0 Å². The molecule has 0 aliphatic heterocycles. The van der Waals surface area contributed by atoms with Crippen molar-refractivity contribution in [3.05, 3.63) is 58.5 Å². The minimum Gasteiger partial charge on any atom is -0.465 e. The number of fused-ring (bicyclic) bond motifs is 1. The van der Waals surface area contributed by atoms with Crippen LogP contribution < -0.4 is 0 Å². The fraction of sp³-hybridized carbons (Fsp3) is 0.412. The highest BCUT2D eigenvalue weighted by atomic mass is 79.9. The second kappa shape index (κ2) is 5.54. The van der Waals surface area contributed by atoms with Crippen LogP contribution in [0.3, 0.4) is 0 Å². The summed E-state index contributed by atoms with van der Waals surface area (Å²) in [6.07, 6.45) is 6.07. The van der Waals surface area contributed by atoms with E-state index in [2.05, 4.69) is 53.2 Å². The zero-order valence-corrected chi connectivity index (χ0v) is 12.9. The van der Waals surface area contributed by atoms with Crippen LogP contribution in [-0.2, 0) is 19.3 Å². The molecule has 1 atom stereocenters. The Balaban J connectivity index is 1.88. The summed E-state index contributed by atoms with van der Waals surface area (Å²) in [7, 11) is 0. The summed E-state index contributed by atoms with van der Waals surface area (Å²) >= 11 is 3.77. The summed E-state index contributed by atoms with van der Waals surface area (Å²) in [6, 6.07) is 11.0. The third-order valence-electron chi connectivity index (χ3n) is 3.95. The quantitative estimate of drug-likeness (QED) is 0.708. The van der Waals surface area contributed by atoms with Gasteiger partial charge in [-0.3, -0.25) is 0 Å². The van der Waals surface area contributed by atoms with E-state index in [9.17, 15) is 0 Å². The van der Waals surface area contributed by atoms with Crippen LogP contribution in [0.2, 0.25) is 0 Å². The number of alkyl halides is 1. The van der Waals surface area contributed by atoms with Gasteiger partial charge in [0.25, 0.3) is 0 Å². The molecule has 0 amide bonds. The van der Waals surface area contributed by atoms with Crippen molar-refractivity contribution in [3.8, 4) is 0 Å². The maximum Gasteiger partial charge on any atom is 0.122 e. The van der Waals surface area contributed by atoms with Crippen molar-refractivity contribution in [2.45, 2.75) is 43.9 Å². The lowest BCUT2D eigenvalue weighted by molar-refractivity contribution is 0.477. The van der Waals surface area contributed by atoms with Crippen molar-refractivity contribution in [2.75, 3.05) is 0 Å². The first-order valence-corrected chi connectivity index (χ1v) is 8.04. The fourth-order valence-corrected chi connectivity index (χ4v) is 3.33. The summed E-state index contributed by atoms with van der Waals surface area (Å²) < 4.78 is 5.85. The number of aryl methyl sites for hydroxylation is 3. The van der Waals surface area contributed by atoms with Crippen LogP contribution in [0.15, 0.2) is 34.7 Å². The lowest BCUT2D eigenvalue weighted by Gasteiger charge is -2.18. The Bertz CT molecular complexity index is 570. The van der Waals surface area contributed by atoms with E-state index in [-0.39, 0.29) is 4.83 Å². The van der Waals surface area contributed by atoms with E-state index in [0.29, 0.717) is 0 Å². The molecule has 2 heteroatoms. The van der Waals surface area contributed by atoms with Crippen molar-refractivity contribution < 1.29 is 4.42 Å². The molecular weight excluding hydrogens is 300 g/mol. The van der Waals surface area contributed by atoms with Gasteiger partial charge in [0, 0.05) is 6.42 Å². The van der Waals surface area contributed by atoms with E-state index in [1.807, 2.05) is 0 Å². The highest BCUT2D eigenvalue weighted by Gasteiger charge is 2.17. The van der Waals surface area contributed by atoms with E-state index in [1.54, 1.807) is 0 Å². The minimum absolute atomic E-state index is 0.167. The second-order valence-electron chi connectivity index (χ2n) is 5.26. The van der Waals surface area contributed by atoms with Crippen LogP contribution in [-0.4, -0.2) is 0 Å². The van der Waals surface area contributed by atoms with Gasteiger partial charge in [0.15, 0.2) is 0 Å². The summed E-state index contributed by atoms with van der Waals surface area (Å²) in [5, 5.41) is 0. The van der Waals surface area contributed by atoms with Gasteiger partial charge in [-0.15, -0.1) is 0 Å². The van der Waals surface area contributed by atoms with Gasteiger partial charge >= 0.3 is 0 Å². The smallest absolute Gasteiger partial charge is 0.122 e. The van der Waals surface area contributed by atoms with Crippen LogP contribution in [0, 0.1) is 0 Å². The molecule has 2 aromatic rings. The Hall–Kier alpha value is -1.02. The van der Waals surface area contributed by atoms with E-state index in [1.165, 1.54) is 42.4 Å². The molecule has 0 radical (unpaired) electrons. The Morgan fingerprint density at radius 2 is 1.89 bits per heavy atom. The average molecular weight is 319 g/mol. The molecule has 0 fully saturated rings. The van der Waals surface area contributed by atoms with Crippen molar-refractivity contribution in [2.24, 2.45) is 0 Å². The first kappa shape index (κ1) is 13.0. The van der Waals surface area contributed by atoms with Crippen LogP contribution in [0.5, 0.6) is 0 Å². The van der Waals surface area contributed by atoms with Gasteiger partial charge in [0.05, 0.1) is 4.83 Å². The monoisotopic (exact) mass is 318 g/mol. The molecule has 1 heterocycles. The lowest BCUT2D eigenvalue weighted by Crippen LogP contribution is -2.04. The summed E-state index contributed by atoms with van der Waals surface area (Å²) in [6.45, 7) is 2.12. The number of halogens is 1. The predicted octanol–water partition coefficient (Wildman–Crippen LogP) is 5.21. The first-order valence-electron chi connectivity index (χ1n) is 7.12. The molecular formula is C17H19BrO. The Morgan fingerprint density at radius 1 is 1.11 bits per heavy atom. The molecule has 1 nitrogen and oxygen atoms in total. The number of benzene rings is 1. The summed E-state index contributed by atoms with van der Waals surface area (Å²) in [5.74, 6) is 2.06. The molecule has 19 heavy (non-hydrogen) atoms. The highest BCUT2D eigenvalue weighted by molar-refractivity contribution is 9.09. The van der Waals surface area contributed by atoms with Crippen molar-refractivity contribution in [1.82, 2.24) is 0 Å². The van der Waals surface area contributed by atoms with Crippen LogP contribution in [0.4, 0.5) is 0 Å². The summed E-state index contributed by atoms with van der Waals surface area (Å²) in [4.78, 5) is 0.167. The van der Waals surface area contributed by atoms with Gasteiger partial charge in [-0.05, 0) is 54.5 Å². The van der Waals surface area contributed by atoms with Crippen LogP contribution >= 0.6 is 15.9 Å². The standard InChI is InChI=1S/C17H19BrO/c1-2-15-9-10-16(19-15)17(18)14-8-7-12-5-3-4-6-13(12)11-14/h7-11,17H,2-6H2,1H3. The number of hydrogen-bond acceptors (Lipinski definition) is 1. The molecule has 1 aromatic heterocycles. The van der Waals surface area contributed by atoms with Gasteiger partial charge in [0.1, 0.15) is 11.5 Å². The maximum atomic E-state index is 5.85. The normalized spacial score (nSPS) is 16.1. The van der Waals surface area contributed by atoms with Crippen LogP contribution in [0.1, 0.15) is 52.8 Å². The Kier molecular flexibility index (Phi) is 3.79. The van der Waals surface area contributed by atoms with Gasteiger partial charge < -0.3 is 4.42 Å². The van der Waals surface area contributed by atoms with Gasteiger partial charge in [0.2, 0.25) is 0 Å². The fourth-order valence-electron chi connectivity index (χ4n) is 2.80. The molecule has 1 aliphatic carbocycles. The van der Waals surface area contributed by atoms with Gasteiger partial charge in [-0.2, -0.15) is 0 Å². The largest absolute Gasteiger partial charge is 0.465 e. The Morgan fingerprint density at radius 3 is 2.63 bits per heavy atom. The van der Waals surface area contributed by atoms with Crippen molar-refractivity contribution in [3.63, 3.8) is 0 Å². The molecule has 0 N–H and O–H groups in total.